The number of ether oxygens (including phenoxy) is 2. The van der Waals surface area contributed by atoms with Crippen molar-refractivity contribution < 1.29 is 18.7 Å². The minimum Gasteiger partial charge on any atom is -0.461 e. The van der Waals surface area contributed by atoms with Crippen molar-refractivity contribution in [2.45, 2.75) is 76.1 Å². The smallest absolute Gasteiger partial charge is 0.411 e. The number of carbonyl (C=O) groups excluding carboxylic acids is 1. The lowest BCUT2D eigenvalue weighted by Gasteiger charge is -2.31. The van der Waals surface area contributed by atoms with Crippen LogP contribution in [0.3, 0.4) is 0 Å². The van der Waals surface area contributed by atoms with Crippen molar-refractivity contribution in [3.63, 3.8) is 0 Å². The Kier molecular flexibility index (Phi) is 8.28. The van der Waals surface area contributed by atoms with Crippen LogP contribution in [-0.2, 0) is 4.74 Å². The molecule has 12 heteroatoms. The Hall–Kier alpha value is -4.27. The maximum atomic E-state index is 16.8. The van der Waals surface area contributed by atoms with Gasteiger partial charge in [-0.15, -0.1) is 0 Å². The molecule has 1 unspecified atom stereocenters. The number of nitrogens with zero attached hydrogens (tertiary/aromatic N) is 7. The molecule has 5 heterocycles. The van der Waals surface area contributed by atoms with Crippen molar-refractivity contribution in [3.8, 4) is 23.3 Å². The zero-order chi connectivity index (χ0) is 33.8. The number of fused-ring (bicyclic) bond motifs is 3. The second kappa shape index (κ2) is 12.3. The molecule has 0 N–H and O–H groups in total. The van der Waals surface area contributed by atoms with Gasteiger partial charge >= 0.3 is 12.1 Å². The summed E-state index contributed by atoms with van der Waals surface area (Å²) < 4.78 is 28.8. The summed E-state index contributed by atoms with van der Waals surface area (Å²) in [5, 5.41) is 12.4. The number of benzene rings is 2. The van der Waals surface area contributed by atoms with E-state index < -0.39 is 23.6 Å². The molecule has 0 radical (unpaired) electrons. The van der Waals surface area contributed by atoms with E-state index in [1.807, 2.05) is 36.2 Å². The third-order valence-electron chi connectivity index (χ3n) is 9.97. The Morgan fingerprint density at radius 3 is 2.60 bits per heavy atom. The molecule has 0 spiro atoms. The molecule has 3 saturated heterocycles. The van der Waals surface area contributed by atoms with Gasteiger partial charge in [0, 0.05) is 42.2 Å². The van der Waals surface area contributed by atoms with Crippen molar-refractivity contribution in [2.24, 2.45) is 0 Å². The van der Waals surface area contributed by atoms with Crippen molar-refractivity contribution in [3.05, 3.63) is 53.4 Å². The highest BCUT2D eigenvalue weighted by atomic mass is 35.5. The summed E-state index contributed by atoms with van der Waals surface area (Å²) in [7, 11) is 1.83. The van der Waals surface area contributed by atoms with E-state index in [2.05, 4.69) is 20.9 Å². The number of anilines is 1. The number of likely N-dealkylation sites (tertiary alicyclic amines) is 1. The lowest BCUT2D eigenvalue weighted by molar-refractivity contribution is 0.0257. The highest BCUT2D eigenvalue weighted by Crippen LogP contribution is 2.41. The molecule has 10 nitrogen and oxygen atoms in total. The summed E-state index contributed by atoms with van der Waals surface area (Å²) >= 11 is 6.62. The molecular formula is C36H39ClFN7O3. The van der Waals surface area contributed by atoms with Crippen LogP contribution in [0, 0.1) is 17.1 Å². The molecule has 48 heavy (non-hydrogen) atoms. The van der Waals surface area contributed by atoms with Crippen molar-refractivity contribution in [1.82, 2.24) is 24.8 Å². The first-order chi connectivity index (χ1) is 23.0. The molecular weight excluding hydrogens is 633 g/mol. The highest BCUT2D eigenvalue weighted by molar-refractivity contribution is 6.36. The van der Waals surface area contributed by atoms with Crippen LogP contribution in [0.15, 0.2) is 42.6 Å². The van der Waals surface area contributed by atoms with Gasteiger partial charge in [0.25, 0.3) is 0 Å². The molecule has 3 aliphatic rings. The predicted molar refractivity (Wildman–Crippen MR) is 183 cm³/mol. The van der Waals surface area contributed by atoms with Gasteiger partial charge in [-0.3, -0.25) is 14.8 Å². The standard InChI is InChI=1S/C36H39ClFN7O3/c1-35(2,3)48-34(46)45-20-24(17-23(45)18-39)43(4)32-26-19-40-30(25-11-5-9-22-10-6-12-27(37)28(22)25)29(38)31(26)41-33(42-32)47-21-36-13-7-15-44(36)16-8-14-36/h5-6,9-12,19,23-24H,7-8,13-17,20-21H2,1-4H3/t23?,24-/m1/s1. The zero-order valence-electron chi connectivity index (χ0n) is 27.7. The molecule has 2 aromatic carbocycles. The number of nitriles is 1. The van der Waals surface area contributed by atoms with E-state index >= 15 is 4.39 Å². The fourth-order valence-electron chi connectivity index (χ4n) is 7.61. The predicted octanol–water partition coefficient (Wildman–Crippen LogP) is 6.98. The Morgan fingerprint density at radius 2 is 1.90 bits per heavy atom. The number of hydrogen-bond acceptors (Lipinski definition) is 9. The van der Waals surface area contributed by atoms with E-state index in [1.54, 1.807) is 39.1 Å². The number of hydrogen-bond donors (Lipinski definition) is 0. The molecule has 0 aliphatic carbocycles. The molecule has 0 bridgehead atoms. The summed E-state index contributed by atoms with van der Waals surface area (Å²) in [6.45, 7) is 8.10. The van der Waals surface area contributed by atoms with Gasteiger partial charge in [0.05, 0.1) is 23.0 Å². The fraction of sp³-hybridized carbons (Fsp3) is 0.472. The Labute approximate surface area is 284 Å². The average Bonchev–Trinajstić information content (AvgIpc) is 3.77. The third kappa shape index (κ3) is 5.75. The summed E-state index contributed by atoms with van der Waals surface area (Å²) in [6.07, 6.45) is 5.69. The van der Waals surface area contributed by atoms with Crippen molar-refractivity contribution in [1.29, 1.82) is 5.26 Å². The molecule has 2 aromatic heterocycles. The maximum absolute atomic E-state index is 16.8. The van der Waals surface area contributed by atoms with Crippen LogP contribution < -0.4 is 9.64 Å². The molecule has 4 aromatic rings. The van der Waals surface area contributed by atoms with E-state index in [0.717, 1.165) is 44.2 Å². The summed E-state index contributed by atoms with van der Waals surface area (Å²) in [5.41, 5.74) is -0.0234. The van der Waals surface area contributed by atoms with Gasteiger partial charge in [-0.1, -0.05) is 41.9 Å². The number of halogens is 2. The summed E-state index contributed by atoms with van der Waals surface area (Å²) in [4.78, 5) is 33.0. The Balaban J connectivity index is 1.30. The number of carbonyl (C=O) groups is 1. The molecule has 1 amide bonds. The summed E-state index contributed by atoms with van der Waals surface area (Å²) in [5.74, 6) is -0.205. The van der Waals surface area contributed by atoms with E-state index in [4.69, 9.17) is 26.1 Å². The number of rotatable bonds is 6. The minimum absolute atomic E-state index is 0.0641. The van der Waals surface area contributed by atoms with Gasteiger partial charge in [0.15, 0.2) is 5.82 Å². The van der Waals surface area contributed by atoms with Crippen molar-refractivity contribution >= 4 is 45.2 Å². The van der Waals surface area contributed by atoms with Gasteiger partial charge in [-0.2, -0.15) is 15.2 Å². The van der Waals surface area contributed by atoms with E-state index in [0.29, 0.717) is 40.2 Å². The molecule has 7 rings (SSSR count). The number of likely N-dealkylation sites (N-methyl/N-ethyl adjacent to an activating group) is 1. The van der Waals surface area contributed by atoms with Crippen LogP contribution in [0.4, 0.5) is 15.0 Å². The highest BCUT2D eigenvalue weighted by Gasteiger charge is 2.45. The first-order valence-corrected chi connectivity index (χ1v) is 16.9. The van der Waals surface area contributed by atoms with E-state index in [-0.39, 0.29) is 35.3 Å². The first-order valence-electron chi connectivity index (χ1n) is 16.5. The maximum Gasteiger partial charge on any atom is 0.411 e. The van der Waals surface area contributed by atoms with Crippen LogP contribution >= 0.6 is 11.6 Å². The van der Waals surface area contributed by atoms with Gasteiger partial charge in [0.2, 0.25) is 0 Å². The first kappa shape index (κ1) is 32.3. The number of aromatic nitrogens is 3. The number of pyridine rings is 1. The topological polar surface area (TPSA) is 108 Å². The SMILES string of the molecule is CN(c1nc(OCC23CCCN2CCC3)nc2c(F)c(-c3cccc4cccc(Cl)c34)ncc12)[C@@H]1CC(C#N)N(C(=O)OC(C)(C)C)C1. The largest absolute Gasteiger partial charge is 0.461 e. The normalized spacial score (nSPS) is 20.6. The lowest BCUT2D eigenvalue weighted by atomic mass is 9.95. The van der Waals surface area contributed by atoms with Gasteiger partial charge in [0.1, 0.15) is 35.3 Å². The van der Waals surface area contributed by atoms with Crippen LogP contribution in [0.25, 0.3) is 32.9 Å². The molecule has 3 fully saturated rings. The van der Waals surface area contributed by atoms with Gasteiger partial charge in [-0.25, -0.2) is 9.18 Å². The third-order valence-corrected chi connectivity index (χ3v) is 10.3. The monoisotopic (exact) mass is 671 g/mol. The lowest BCUT2D eigenvalue weighted by Crippen LogP contribution is -2.43. The molecule has 250 valence electrons. The van der Waals surface area contributed by atoms with E-state index in [1.165, 1.54) is 4.90 Å². The minimum atomic E-state index is -0.709. The quantitative estimate of drug-likeness (QED) is 0.214. The van der Waals surface area contributed by atoms with Gasteiger partial charge < -0.3 is 14.4 Å². The molecule has 3 aliphatic heterocycles. The second-order valence-electron chi connectivity index (χ2n) is 14.1. The Bertz CT molecular complexity index is 1930. The summed E-state index contributed by atoms with van der Waals surface area (Å²) in [6, 6.07) is 12.5. The fourth-order valence-corrected chi connectivity index (χ4v) is 7.89. The Morgan fingerprint density at radius 1 is 1.17 bits per heavy atom. The molecule has 0 saturated carbocycles. The van der Waals surface area contributed by atoms with Crippen molar-refractivity contribution in [2.75, 3.05) is 38.2 Å². The number of amides is 1. The van der Waals surface area contributed by atoms with Crippen LogP contribution in [0.2, 0.25) is 5.02 Å². The van der Waals surface area contributed by atoms with Crippen LogP contribution in [0.5, 0.6) is 6.01 Å². The second-order valence-corrected chi connectivity index (χ2v) is 14.5. The van der Waals surface area contributed by atoms with Crippen LogP contribution in [0.1, 0.15) is 52.9 Å². The zero-order valence-corrected chi connectivity index (χ0v) is 28.4. The van der Waals surface area contributed by atoms with E-state index in [9.17, 15) is 10.1 Å². The molecule has 2 atom stereocenters. The van der Waals surface area contributed by atoms with Crippen LogP contribution in [-0.4, -0.2) is 87.4 Å². The van der Waals surface area contributed by atoms with Gasteiger partial charge in [-0.05, 0) is 71.0 Å². The average molecular weight is 672 g/mol.